The molecular weight excluding hydrogens is 822 g/mol. The fourth-order valence-electron chi connectivity index (χ4n) is 6.41. The number of carboxylic acids is 3. The largest absolute Gasteiger partial charge is 0.481 e. The predicted molar refractivity (Wildman–Crippen MR) is 217 cm³/mol. The number of nitrogens with two attached hydrogens (primary N) is 2. The highest BCUT2D eigenvalue weighted by atomic mass is 16.4. The van der Waals surface area contributed by atoms with Crippen LogP contribution in [0.3, 0.4) is 0 Å². The Morgan fingerprint density at radius 2 is 1.21 bits per heavy atom. The monoisotopic (exact) mass is 885 g/mol. The van der Waals surface area contributed by atoms with Gasteiger partial charge in [0.1, 0.15) is 42.3 Å². The molecule has 1 aliphatic heterocycles. The third kappa shape index (κ3) is 19.5. The van der Waals surface area contributed by atoms with Gasteiger partial charge in [-0.05, 0) is 56.8 Å². The molecule has 0 aliphatic carbocycles. The maximum atomic E-state index is 13.8. The molecule has 0 saturated carbocycles. The first kappa shape index (κ1) is 53.9. The van der Waals surface area contributed by atoms with Crippen molar-refractivity contribution in [1.29, 1.82) is 5.41 Å². The molecule has 1 rings (SSSR count). The van der Waals surface area contributed by atoms with Crippen molar-refractivity contribution in [3.8, 4) is 0 Å². The van der Waals surface area contributed by atoms with Crippen LogP contribution in [0.2, 0.25) is 0 Å². The van der Waals surface area contributed by atoms with E-state index >= 15 is 0 Å². The minimum Gasteiger partial charge on any atom is -0.481 e. The summed E-state index contributed by atoms with van der Waals surface area (Å²) in [7, 11) is 0. The Morgan fingerprint density at radius 3 is 1.71 bits per heavy atom. The summed E-state index contributed by atoms with van der Waals surface area (Å²) >= 11 is 0. The van der Waals surface area contributed by atoms with Crippen molar-refractivity contribution in [3.05, 3.63) is 0 Å². The molecule has 0 spiro atoms. The second-order valence-corrected chi connectivity index (χ2v) is 15.6. The lowest BCUT2D eigenvalue weighted by atomic mass is 10.0. The maximum Gasteiger partial charge on any atom is 0.326 e. The van der Waals surface area contributed by atoms with Gasteiger partial charge in [0.25, 0.3) is 0 Å². The minimum absolute atomic E-state index is 0.0209. The number of aliphatic hydroxyl groups excluding tert-OH is 1. The Labute approximate surface area is 358 Å². The molecule has 16 N–H and O–H groups in total. The molecule has 62 heavy (non-hydrogen) atoms. The molecule has 1 fully saturated rings. The third-order valence-electron chi connectivity index (χ3n) is 9.41. The van der Waals surface area contributed by atoms with Crippen LogP contribution in [-0.2, 0) is 47.9 Å². The molecule has 0 radical (unpaired) electrons. The molecular formula is C37H63N11O14. The molecule has 0 aromatic heterocycles. The quantitative estimate of drug-likeness (QED) is 0.0200. The number of rotatable bonds is 28. The number of hydrogen-bond donors (Lipinski definition) is 14. The standard InChI is InChI=1S/C37H63N11O14/c1-18(2)13-22(45-34(59)26-8-6-12-48(26)35(60)23(15-29(53)54)42-27(50)16-38)32(57)44-21(9-10-28(51)52)31(56)47-25(17-49)33(58)43-20(7-5-11-41-37(39)40)30(55)46-24(36(61)62)14-19(3)4/h18-26,49H,5-17,38H2,1-4H3,(H,42,50)(H,43,58)(H,44,57)(H,45,59)(H,46,55)(H,47,56)(H,51,52)(H,53,54)(H,61,62)(H4,39,40,41)/t20-,21-,22-,23-,24-,25-,26-/m0/s1. The fourth-order valence-corrected chi connectivity index (χ4v) is 6.41. The Bertz CT molecular complexity index is 1630. The Morgan fingerprint density at radius 1 is 0.694 bits per heavy atom. The van der Waals surface area contributed by atoms with Crippen LogP contribution >= 0.6 is 0 Å². The zero-order valence-corrected chi connectivity index (χ0v) is 35.4. The number of carbonyl (C=O) groups excluding carboxylic acids is 7. The van der Waals surface area contributed by atoms with Crippen LogP contribution in [0.1, 0.15) is 85.5 Å². The number of likely N-dealkylation sites (tertiary alicyclic amines) is 1. The smallest absolute Gasteiger partial charge is 0.326 e. The predicted octanol–water partition coefficient (Wildman–Crippen LogP) is -4.38. The summed E-state index contributed by atoms with van der Waals surface area (Å²) in [6, 6.07) is -10.3. The molecule has 25 nitrogen and oxygen atoms in total. The highest BCUT2D eigenvalue weighted by Gasteiger charge is 2.40. The third-order valence-corrected chi connectivity index (χ3v) is 9.41. The average Bonchev–Trinajstić information content (AvgIpc) is 3.67. The van der Waals surface area contributed by atoms with E-state index in [-0.39, 0.29) is 63.0 Å². The van der Waals surface area contributed by atoms with Crippen molar-refractivity contribution in [2.24, 2.45) is 23.3 Å². The van der Waals surface area contributed by atoms with Crippen LogP contribution in [-0.4, -0.2) is 159 Å². The summed E-state index contributed by atoms with van der Waals surface area (Å²) in [5.74, 6) is -11.4. The lowest BCUT2D eigenvalue weighted by Gasteiger charge is -2.30. The van der Waals surface area contributed by atoms with Gasteiger partial charge in [0, 0.05) is 19.5 Å². The van der Waals surface area contributed by atoms with Crippen molar-refractivity contribution in [1.82, 2.24) is 42.1 Å². The summed E-state index contributed by atoms with van der Waals surface area (Å²) < 4.78 is 0. The van der Waals surface area contributed by atoms with E-state index in [4.69, 9.17) is 16.9 Å². The lowest BCUT2D eigenvalue weighted by Crippen LogP contribution is -2.60. The van der Waals surface area contributed by atoms with Crippen LogP contribution < -0.4 is 48.7 Å². The molecule has 0 aromatic rings. The topological polar surface area (TPSA) is 415 Å². The average molecular weight is 886 g/mol. The van der Waals surface area contributed by atoms with Crippen LogP contribution in [0.25, 0.3) is 0 Å². The first-order valence-electron chi connectivity index (χ1n) is 20.2. The number of carbonyl (C=O) groups is 10. The van der Waals surface area contributed by atoms with Gasteiger partial charge in [0.05, 0.1) is 19.6 Å². The van der Waals surface area contributed by atoms with Crippen LogP contribution in [0.4, 0.5) is 0 Å². The first-order chi connectivity index (χ1) is 29.0. The number of aliphatic carboxylic acids is 3. The number of hydrogen-bond acceptors (Lipinski definition) is 13. The van der Waals surface area contributed by atoms with E-state index < -0.39 is 134 Å². The number of carboxylic acid groups (broad SMARTS) is 3. The summed E-state index contributed by atoms with van der Waals surface area (Å²) in [4.78, 5) is 129. The Hall–Kier alpha value is -6.11. The molecule has 1 heterocycles. The molecule has 350 valence electrons. The maximum absolute atomic E-state index is 13.8. The van der Waals surface area contributed by atoms with Crippen LogP contribution in [0, 0.1) is 17.2 Å². The molecule has 0 unspecified atom stereocenters. The minimum atomic E-state index is -1.78. The Kier molecular flexibility index (Phi) is 23.4. The van der Waals surface area contributed by atoms with Gasteiger partial charge in [-0.1, -0.05) is 27.7 Å². The van der Waals surface area contributed by atoms with Gasteiger partial charge in [0.15, 0.2) is 5.96 Å². The van der Waals surface area contributed by atoms with Gasteiger partial charge in [-0.3, -0.25) is 48.6 Å². The molecule has 7 amide bonds. The summed E-state index contributed by atoms with van der Waals surface area (Å²) in [5, 5.41) is 62.5. The molecule has 25 heteroatoms. The molecule has 7 atom stereocenters. The van der Waals surface area contributed by atoms with Crippen molar-refractivity contribution in [2.75, 3.05) is 26.2 Å². The van der Waals surface area contributed by atoms with E-state index in [9.17, 15) is 68.4 Å². The highest BCUT2D eigenvalue weighted by Crippen LogP contribution is 2.20. The van der Waals surface area contributed by atoms with E-state index in [2.05, 4.69) is 37.2 Å². The van der Waals surface area contributed by atoms with Crippen molar-refractivity contribution >= 4 is 65.2 Å². The zero-order chi connectivity index (χ0) is 47.3. The summed E-state index contributed by atoms with van der Waals surface area (Å²) in [6.45, 7) is 5.44. The van der Waals surface area contributed by atoms with Gasteiger partial charge in [0.2, 0.25) is 41.4 Å². The van der Waals surface area contributed by atoms with Crippen molar-refractivity contribution in [3.63, 3.8) is 0 Å². The molecule has 0 aromatic carbocycles. The normalized spacial score (nSPS) is 16.4. The number of guanidine groups is 1. The summed E-state index contributed by atoms with van der Waals surface area (Å²) in [6.07, 6.45) is -1.50. The number of aliphatic hydroxyl groups is 1. The second kappa shape index (κ2) is 27.0. The highest BCUT2D eigenvalue weighted by molar-refractivity contribution is 5.98. The van der Waals surface area contributed by atoms with E-state index in [1.807, 2.05) is 0 Å². The number of nitrogens with zero attached hydrogens (tertiary/aromatic N) is 1. The number of amides is 7. The van der Waals surface area contributed by atoms with Gasteiger partial charge in [-0.25, -0.2) is 4.79 Å². The van der Waals surface area contributed by atoms with E-state index in [0.29, 0.717) is 6.42 Å². The van der Waals surface area contributed by atoms with Gasteiger partial charge in [-0.15, -0.1) is 0 Å². The Balaban J connectivity index is 3.30. The molecule has 1 saturated heterocycles. The van der Waals surface area contributed by atoms with Crippen LogP contribution in [0.5, 0.6) is 0 Å². The SMILES string of the molecule is CC(C)C[C@H](NC(=O)[C@H](CCCNC(=N)N)NC(=O)[C@H](CO)NC(=O)[C@H](CCC(=O)O)NC(=O)[C@H](CC(C)C)NC(=O)[C@@H]1CCCN1C(=O)[C@H](CC(=O)O)NC(=O)CN)C(=O)O. The van der Waals surface area contributed by atoms with Crippen LogP contribution in [0.15, 0.2) is 0 Å². The van der Waals surface area contributed by atoms with E-state index in [1.165, 1.54) is 0 Å². The summed E-state index contributed by atoms with van der Waals surface area (Å²) in [5.41, 5.74) is 10.6. The number of nitrogens with one attached hydrogen (secondary N) is 8. The molecule has 0 bridgehead atoms. The van der Waals surface area contributed by atoms with Gasteiger partial charge in [-0.2, -0.15) is 0 Å². The first-order valence-corrected chi connectivity index (χ1v) is 20.2. The van der Waals surface area contributed by atoms with Gasteiger partial charge < -0.3 is 74.0 Å². The van der Waals surface area contributed by atoms with E-state index in [1.54, 1.807) is 27.7 Å². The van der Waals surface area contributed by atoms with Gasteiger partial charge >= 0.3 is 17.9 Å². The van der Waals surface area contributed by atoms with E-state index in [0.717, 1.165) is 4.90 Å². The zero-order valence-electron chi connectivity index (χ0n) is 35.4. The van der Waals surface area contributed by atoms with Crippen molar-refractivity contribution in [2.45, 2.75) is 128 Å². The second-order valence-electron chi connectivity index (χ2n) is 15.6. The lowest BCUT2D eigenvalue weighted by molar-refractivity contribution is -0.146. The van der Waals surface area contributed by atoms with Crippen molar-refractivity contribution < 1.29 is 68.4 Å². The molecule has 1 aliphatic rings. The fraction of sp³-hybridized carbons (Fsp3) is 0.703.